The third-order valence-corrected chi connectivity index (χ3v) is 17.8. The van der Waals surface area contributed by atoms with E-state index in [-0.39, 0.29) is 25.7 Å². The van der Waals surface area contributed by atoms with Crippen LogP contribution in [-0.2, 0) is 10.1 Å². The molecule has 1 aromatic rings. The first-order valence-electron chi connectivity index (χ1n) is 9.96. The van der Waals surface area contributed by atoms with Crippen LogP contribution in [0, 0.1) is 11.8 Å². The van der Waals surface area contributed by atoms with Gasteiger partial charge in [-0.05, 0) is 23.3 Å². The second-order valence-electron chi connectivity index (χ2n) is 9.52. The molecule has 0 radical (unpaired) electrons. The van der Waals surface area contributed by atoms with Gasteiger partial charge in [0.1, 0.15) is 19.5 Å². The molecular formula is C20H8Cl12O3S. The van der Waals surface area contributed by atoms with Crippen molar-refractivity contribution in [3.05, 3.63) is 49.5 Å². The molecule has 8 atom stereocenters. The van der Waals surface area contributed by atoms with E-state index >= 15 is 0 Å². The van der Waals surface area contributed by atoms with Gasteiger partial charge >= 0.3 is 0 Å². The predicted molar refractivity (Wildman–Crippen MR) is 149 cm³/mol. The Morgan fingerprint density at radius 3 is 1.36 bits per heavy atom. The summed E-state index contributed by atoms with van der Waals surface area (Å²) in [5, 5.41) is -0.404. The fraction of sp³-hybridized carbons (Fsp3) is 0.500. The van der Waals surface area contributed by atoms with E-state index in [4.69, 9.17) is 139 Å². The van der Waals surface area contributed by atoms with Crippen molar-refractivity contribution in [3.63, 3.8) is 0 Å². The fourth-order valence-electron chi connectivity index (χ4n) is 7.04. The van der Waals surface area contributed by atoms with Crippen LogP contribution in [0.5, 0.6) is 0 Å². The van der Waals surface area contributed by atoms with E-state index in [1.807, 2.05) is 0 Å². The van der Waals surface area contributed by atoms with Gasteiger partial charge in [0.25, 0.3) is 10.1 Å². The molecule has 6 rings (SSSR count). The minimum absolute atomic E-state index is 0.0783. The van der Waals surface area contributed by atoms with Gasteiger partial charge in [-0.1, -0.05) is 98.9 Å². The molecule has 5 aliphatic carbocycles. The van der Waals surface area contributed by atoms with Crippen molar-refractivity contribution < 1.29 is 13.0 Å². The van der Waals surface area contributed by atoms with Crippen LogP contribution in [0.2, 0.25) is 0 Å². The lowest BCUT2D eigenvalue weighted by atomic mass is 9.57. The summed E-state index contributed by atoms with van der Waals surface area (Å²) < 4.78 is 29.9. The topological polar surface area (TPSA) is 54.4 Å². The van der Waals surface area contributed by atoms with Crippen molar-refractivity contribution in [2.45, 2.75) is 44.9 Å². The summed E-state index contributed by atoms with van der Waals surface area (Å²) in [5.74, 6) is -3.79. The van der Waals surface area contributed by atoms with Crippen LogP contribution >= 0.6 is 139 Å². The number of alkyl halides is 8. The van der Waals surface area contributed by atoms with E-state index in [2.05, 4.69) is 0 Å². The van der Waals surface area contributed by atoms with Gasteiger partial charge in [0.05, 0.1) is 25.0 Å². The maximum atomic E-state index is 12.1. The van der Waals surface area contributed by atoms with E-state index in [0.29, 0.717) is 5.56 Å². The van der Waals surface area contributed by atoms with E-state index in [9.17, 15) is 13.0 Å². The fourth-order valence-corrected chi connectivity index (χ4v) is 13.6. The molecule has 2 saturated carbocycles. The van der Waals surface area contributed by atoms with E-state index in [1.165, 1.54) is 18.2 Å². The van der Waals surface area contributed by atoms with Crippen LogP contribution in [0.3, 0.4) is 0 Å². The second-order valence-corrected chi connectivity index (χ2v) is 17.5. The zero-order valence-corrected chi connectivity index (χ0v) is 26.6. The quantitative estimate of drug-likeness (QED) is 0.230. The van der Waals surface area contributed by atoms with E-state index in [1.54, 1.807) is 0 Å². The standard InChI is InChI=1S/C20H8Cl12O3S/c21-11-13(23)17(27)9-7(15(11,25)19(17,29)30)5-2-1-4(36(33,34)35)3-6(5)8-10(9)18(28)14(24)12(22)16(8,26)20(18,31)32/h1-3,7-10H,(H,33,34,35)/t7-,8+,9+,10-,15+,16+,17+,18+/m1/s1. The molecule has 0 heterocycles. The average Bonchev–Trinajstić information content (AvgIpc) is 3.12. The Bertz CT molecular complexity index is 1470. The van der Waals surface area contributed by atoms with Crippen LogP contribution in [0.1, 0.15) is 23.0 Å². The Morgan fingerprint density at radius 1 is 0.611 bits per heavy atom. The maximum Gasteiger partial charge on any atom is 0.294 e. The first-order valence-corrected chi connectivity index (χ1v) is 15.9. The minimum atomic E-state index is -4.65. The third kappa shape index (κ3) is 2.51. The molecule has 0 amide bonds. The molecule has 36 heavy (non-hydrogen) atoms. The first kappa shape index (κ1) is 28.2. The number of allylic oxidation sites excluding steroid dienone is 4. The summed E-state index contributed by atoms with van der Waals surface area (Å²) in [7, 11) is -4.65. The molecule has 5 aliphatic rings. The first-order chi connectivity index (χ1) is 16.2. The van der Waals surface area contributed by atoms with Crippen molar-refractivity contribution in [1.82, 2.24) is 0 Å². The van der Waals surface area contributed by atoms with Crippen LogP contribution < -0.4 is 0 Å². The van der Waals surface area contributed by atoms with Gasteiger partial charge in [0.2, 0.25) is 0 Å². The Balaban J connectivity index is 1.80. The molecule has 0 spiro atoms. The van der Waals surface area contributed by atoms with Gasteiger partial charge in [-0.15, -0.1) is 46.4 Å². The predicted octanol–water partition coefficient (Wildman–Crippen LogP) is 9.04. The Morgan fingerprint density at radius 2 is 0.972 bits per heavy atom. The number of halogens is 12. The lowest BCUT2D eigenvalue weighted by Crippen LogP contribution is -2.53. The van der Waals surface area contributed by atoms with E-state index < -0.39 is 66.8 Å². The van der Waals surface area contributed by atoms with Crippen molar-refractivity contribution in [2.24, 2.45) is 11.8 Å². The van der Waals surface area contributed by atoms with Gasteiger partial charge in [-0.2, -0.15) is 8.42 Å². The summed E-state index contributed by atoms with van der Waals surface area (Å²) in [4.78, 5) is -7.73. The van der Waals surface area contributed by atoms with Gasteiger partial charge in [-0.25, -0.2) is 0 Å². The molecule has 0 unspecified atom stereocenters. The lowest BCUT2D eigenvalue weighted by Gasteiger charge is -2.52. The van der Waals surface area contributed by atoms with Gasteiger partial charge in [-0.3, -0.25) is 4.55 Å². The number of fused-ring (bicyclic) bond motifs is 14. The number of rotatable bonds is 1. The van der Waals surface area contributed by atoms with Gasteiger partial charge in [0, 0.05) is 23.7 Å². The molecule has 0 aromatic heterocycles. The van der Waals surface area contributed by atoms with Crippen molar-refractivity contribution in [1.29, 1.82) is 0 Å². The summed E-state index contributed by atoms with van der Waals surface area (Å²) in [6, 6.07) is 3.85. The minimum Gasteiger partial charge on any atom is -0.282 e. The Labute approximate surface area is 265 Å². The zero-order valence-electron chi connectivity index (χ0n) is 16.7. The zero-order chi connectivity index (χ0) is 27.0. The highest BCUT2D eigenvalue weighted by atomic mass is 35.5. The molecule has 2 fully saturated rings. The smallest absolute Gasteiger partial charge is 0.282 e. The highest BCUT2D eigenvalue weighted by Gasteiger charge is 2.91. The molecule has 1 aromatic carbocycles. The summed E-state index contributed by atoms with van der Waals surface area (Å²) in [6.45, 7) is 0. The maximum absolute atomic E-state index is 12.1. The van der Waals surface area contributed by atoms with Crippen LogP contribution in [-0.4, -0.2) is 41.1 Å². The molecule has 0 aliphatic heterocycles. The molecule has 4 bridgehead atoms. The van der Waals surface area contributed by atoms with Gasteiger partial charge in [0.15, 0.2) is 8.67 Å². The van der Waals surface area contributed by atoms with Crippen LogP contribution in [0.15, 0.2) is 43.2 Å². The number of hydrogen-bond donors (Lipinski definition) is 1. The summed E-state index contributed by atoms with van der Waals surface area (Å²) >= 11 is 82.8. The van der Waals surface area contributed by atoms with Crippen molar-refractivity contribution >= 4 is 149 Å². The van der Waals surface area contributed by atoms with Gasteiger partial charge < -0.3 is 0 Å². The van der Waals surface area contributed by atoms with Crippen LogP contribution in [0.4, 0.5) is 0 Å². The molecule has 3 nitrogen and oxygen atoms in total. The molecule has 0 saturated heterocycles. The van der Waals surface area contributed by atoms with E-state index in [0.717, 1.165) is 0 Å². The molecule has 1 N–H and O–H groups in total. The Hall–Kier alpha value is 2.09. The normalized spacial score (nSPS) is 47.4. The highest BCUT2D eigenvalue weighted by Crippen LogP contribution is 2.88. The average molecular weight is 754 g/mol. The number of benzene rings is 1. The second kappa shape index (κ2) is 7.53. The lowest BCUT2D eigenvalue weighted by molar-refractivity contribution is 0.201. The molecule has 196 valence electrons. The SMILES string of the molecule is O=S(=O)(O)c1ccc2c(c1)[C@H]1[C@H]([C@@H]3[C@@H]2[C@]2(Cl)C(Cl)=C(Cl)[C@]3(Cl)C2(Cl)Cl)[C@]2(Cl)C(Cl)=C(Cl)[C@]1(Cl)C2(Cl)Cl. The molecule has 16 heteroatoms. The highest BCUT2D eigenvalue weighted by molar-refractivity contribution is 7.85. The van der Waals surface area contributed by atoms with Crippen molar-refractivity contribution in [2.75, 3.05) is 0 Å². The third-order valence-electron chi connectivity index (χ3n) is 8.40. The largest absolute Gasteiger partial charge is 0.294 e. The summed E-state index contributed by atoms with van der Waals surface area (Å²) in [6.07, 6.45) is 0. The Kier molecular flexibility index (Phi) is 5.90. The molecular weight excluding hydrogens is 746 g/mol. The summed E-state index contributed by atoms with van der Waals surface area (Å²) in [5.41, 5.74) is 0.705. The van der Waals surface area contributed by atoms with Crippen molar-refractivity contribution in [3.8, 4) is 0 Å². The number of hydrogen-bond acceptors (Lipinski definition) is 2. The monoisotopic (exact) mass is 748 g/mol. The van der Waals surface area contributed by atoms with Crippen LogP contribution in [0.25, 0.3) is 0 Å².